The summed E-state index contributed by atoms with van der Waals surface area (Å²) >= 11 is 0. The average Bonchev–Trinajstić information content (AvgIpc) is 3.47. The average molecular weight is 549 g/mol. The van der Waals surface area contributed by atoms with E-state index in [1.807, 2.05) is 16.8 Å². The van der Waals surface area contributed by atoms with Crippen molar-refractivity contribution in [3.05, 3.63) is 96.1 Å². The maximum Gasteiger partial charge on any atom is 0.337 e. The number of pyridine rings is 1. The topological polar surface area (TPSA) is 155 Å². The zero-order valence-corrected chi connectivity index (χ0v) is 21.2. The van der Waals surface area contributed by atoms with Crippen LogP contribution in [0.25, 0.3) is 22.2 Å². The van der Waals surface area contributed by atoms with Crippen LogP contribution in [0.3, 0.4) is 0 Å². The van der Waals surface area contributed by atoms with Crippen LogP contribution in [0, 0.1) is 11.6 Å². The first-order chi connectivity index (χ1) is 19.2. The Bertz CT molecular complexity index is 1650. The van der Waals surface area contributed by atoms with Crippen molar-refractivity contribution < 1.29 is 33.0 Å². The lowest BCUT2D eigenvalue weighted by atomic mass is 9.99. The van der Waals surface area contributed by atoms with Crippen LogP contribution in [0.2, 0.25) is 0 Å². The molecule has 0 atom stereocenters. The van der Waals surface area contributed by atoms with Crippen LogP contribution < -0.4 is 15.2 Å². The van der Waals surface area contributed by atoms with E-state index < -0.39 is 29.1 Å². The number of nitrogens with two attached hydrogens (primary N) is 1. The van der Waals surface area contributed by atoms with Gasteiger partial charge in [0.1, 0.15) is 11.2 Å². The van der Waals surface area contributed by atoms with Gasteiger partial charge in [0, 0.05) is 49.2 Å². The zero-order valence-electron chi connectivity index (χ0n) is 21.2. The Morgan fingerprint density at radius 3 is 2.15 bits per heavy atom. The molecule has 3 heterocycles. The summed E-state index contributed by atoms with van der Waals surface area (Å²) in [4.78, 5) is 38.0. The second-order valence-corrected chi connectivity index (χ2v) is 8.15. The SMILES string of the molecule is COc1cc(OC)c(F)c(-c2ccc(C(=O)O)c3nccnc23)c1F.NC(=O)c1ccc(Cn2ccnc2)cn1. The molecule has 13 heteroatoms. The highest BCUT2D eigenvalue weighted by molar-refractivity contribution is 6.05. The van der Waals surface area contributed by atoms with Gasteiger partial charge >= 0.3 is 5.97 Å². The molecule has 0 saturated carbocycles. The van der Waals surface area contributed by atoms with E-state index in [0.29, 0.717) is 6.54 Å². The summed E-state index contributed by atoms with van der Waals surface area (Å²) < 4.78 is 41.2. The van der Waals surface area contributed by atoms with Crippen molar-refractivity contribution in [3.63, 3.8) is 0 Å². The molecule has 0 aliphatic heterocycles. The number of hydrogen-bond donors (Lipinski definition) is 2. The minimum atomic E-state index is -1.22. The third-order valence-electron chi connectivity index (χ3n) is 5.70. The summed E-state index contributed by atoms with van der Waals surface area (Å²) in [5.74, 6) is -4.06. The number of rotatable bonds is 7. The van der Waals surface area contributed by atoms with E-state index >= 15 is 0 Å². The van der Waals surface area contributed by atoms with Gasteiger partial charge < -0.3 is 24.9 Å². The lowest BCUT2D eigenvalue weighted by Crippen LogP contribution is -2.13. The Morgan fingerprint density at radius 2 is 1.62 bits per heavy atom. The van der Waals surface area contributed by atoms with E-state index in [2.05, 4.69) is 19.9 Å². The normalized spacial score (nSPS) is 10.5. The summed E-state index contributed by atoms with van der Waals surface area (Å²) in [6, 6.07) is 7.04. The molecule has 0 bridgehead atoms. The van der Waals surface area contributed by atoms with Crippen molar-refractivity contribution in [3.8, 4) is 22.6 Å². The molecule has 3 N–H and O–H groups in total. The number of primary amides is 1. The van der Waals surface area contributed by atoms with Crippen LogP contribution in [-0.2, 0) is 6.54 Å². The van der Waals surface area contributed by atoms with Crippen molar-refractivity contribution in [2.24, 2.45) is 5.73 Å². The first kappa shape index (κ1) is 27.6. The van der Waals surface area contributed by atoms with Crippen LogP contribution in [0.15, 0.2) is 67.6 Å². The molecule has 5 aromatic rings. The highest BCUT2D eigenvalue weighted by Crippen LogP contribution is 2.40. The first-order valence-corrected chi connectivity index (χ1v) is 11.5. The van der Waals surface area contributed by atoms with Gasteiger partial charge in [0.25, 0.3) is 5.91 Å². The lowest BCUT2D eigenvalue weighted by Gasteiger charge is -2.14. The number of carbonyl (C=O) groups is 2. The van der Waals surface area contributed by atoms with Crippen molar-refractivity contribution in [2.75, 3.05) is 14.2 Å². The van der Waals surface area contributed by atoms with Gasteiger partial charge in [-0.25, -0.2) is 18.6 Å². The largest absolute Gasteiger partial charge is 0.494 e. The van der Waals surface area contributed by atoms with Gasteiger partial charge in [-0.15, -0.1) is 0 Å². The maximum absolute atomic E-state index is 14.7. The Hall–Kier alpha value is -5.46. The molecule has 2 aromatic carbocycles. The molecule has 11 nitrogen and oxygen atoms in total. The molecule has 0 radical (unpaired) electrons. The number of amides is 1. The van der Waals surface area contributed by atoms with E-state index in [1.54, 1.807) is 24.8 Å². The Kier molecular flexibility index (Phi) is 8.23. The number of aromatic nitrogens is 5. The molecule has 0 saturated heterocycles. The molecule has 3 aromatic heterocycles. The highest BCUT2D eigenvalue weighted by atomic mass is 19.1. The number of ether oxygens (including phenoxy) is 2. The highest BCUT2D eigenvalue weighted by Gasteiger charge is 2.25. The quantitative estimate of drug-likeness (QED) is 0.310. The monoisotopic (exact) mass is 548 g/mol. The molecule has 0 fully saturated rings. The van der Waals surface area contributed by atoms with Gasteiger partial charge in [-0.2, -0.15) is 0 Å². The minimum absolute atomic E-state index is 0.0214. The molecule has 5 rings (SSSR count). The predicted octanol–water partition coefficient (Wildman–Crippen LogP) is 3.72. The number of hydrogen-bond acceptors (Lipinski definition) is 8. The van der Waals surface area contributed by atoms with E-state index in [0.717, 1.165) is 11.6 Å². The van der Waals surface area contributed by atoms with Crippen LogP contribution in [0.4, 0.5) is 8.78 Å². The second-order valence-electron chi connectivity index (χ2n) is 8.15. The Morgan fingerprint density at radius 1 is 0.950 bits per heavy atom. The number of carbonyl (C=O) groups excluding carboxylic acids is 1. The number of carboxylic acids is 1. The Balaban J connectivity index is 0.000000210. The van der Waals surface area contributed by atoms with Gasteiger partial charge in [0.05, 0.1) is 37.2 Å². The van der Waals surface area contributed by atoms with Crippen molar-refractivity contribution in [1.29, 1.82) is 0 Å². The van der Waals surface area contributed by atoms with Crippen LogP contribution in [0.1, 0.15) is 26.4 Å². The van der Waals surface area contributed by atoms with Crippen LogP contribution in [-0.4, -0.2) is 55.7 Å². The van der Waals surface area contributed by atoms with E-state index in [4.69, 9.17) is 15.2 Å². The van der Waals surface area contributed by atoms with Crippen LogP contribution in [0.5, 0.6) is 11.5 Å². The number of methoxy groups -OCH3 is 2. The van der Waals surface area contributed by atoms with Gasteiger partial charge in [-0.3, -0.25) is 19.7 Å². The third-order valence-corrected chi connectivity index (χ3v) is 5.70. The molecule has 204 valence electrons. The fourth-order valence-electron chi connectivity index (χ4n) is 3.81. The molecule has 0 aliphatic carbocycles. The number of nitrogens with zero attached hydrogens (tertiary/aromatic N) is 5. The molecular formula is C27H22F2N6O5. The molecule has 0 spiro atoms. The molecular weight excluding hydrogens is 526 g/mol. The van der Waals surface area contributed by atoms with Crippen molar-refractivity contribution in [2.45, 2.75) is 6.54 Å². The lowest BCUT2D eigenvalue weighted by molar-refractivity contribution is 0.0698. The standard InChI is InChI=1S/C17H12F2N2O4.C10H10N4O/c1-24-10-7-11(25-2)14(19)12(13(10)18)8-3-4-9(17(22)23)16-15(8)20-5-6-21-16;11-10(15)9-2-1-8(5-13-9)6-14-4-3-12-7-14/h3-7H,1-2H3,(H,22,23);1-5,7H,6H2,(H2,11,15). The minimum Gasteiger partial charge on any atom is -0.494 e. The molecule has 1 amide bonds. The second kappa shape index (κ2) is 11.9. The first-order valence-electron chi connectivity index (χ1n) is 11.5. The number of fused-ring (bicyclic) bond motifs is 1. The van der Waals surface area contributed by atoms with Gasteiger partial charge in [0.2, 0.25) is 0 Å². The Labute approximate surface area is 225 Å². The number of carboxylic acid groups (broad SMARTS) is 1. The summed E-state index contributed by atoms with van der Waals surface area (Å²) in [5, 5.41) is 9.26. The smallest absolute Gasteiger partial charge is 0.337 e. The van der Waals surface area contributed by atoms with E-state index in [1.165, 1.54) is 38.7 Å². The van der Waals surface area contributed by atoms with E-state index in [-0.39, 0.29) is 39.4 Å². The van der Waals surface area contributed by atoms with Crippen molar-refractivity contribution >= 4 is 22.9 Å². The van der Waals surface area contributed by atoms with E-state index in [9.17, 15) is 23.5 Å². The number of halogens is 2. The molecule has 0 aliphatic rings. The van der Waals surface area contributed by atoms with Crippen molar-refractivity contribution in [1.82, 2.24) is 24.5 Å². The summed E-state index contributed by atoms with van der Waals surface area (Å²) in [6.45, 7) is 0.687. The maximum atomic E-state index is 14.7. The molecule has 40 heavy (non-hydrogen) atoms. The fourth-order valence-corrected chi connectivity index (χ4v) is 3.81. The zero-order chi connectivity index (χ0) is 28.8. The number of imidazole rings is 1. The summed E-state index contributed by atoms with van der Waals surface area (Å²) in [7, 11) is 2.48. The van der Waals surface area contributed by atoms with Gasteiger partial charge in [0.15, 0.2) is 23.1 Å². The third kappa shape index (κ3) is 5.67. The summed E-state index contributed by atoms with van der Waals surface area (Å²) in [6.07, 6.45) is 9.55. The summed E-state index contributed by atoms with van der Waals surface area (Å²) in [5.41, 5.74) is 5.92. The predicted molar refractivity (Wildman–Crippen MR) is 139 cm³/mol. The van der Waals surface area contributed by atoms with Crippen LogP contribution >= 0.6 is 0 Å². The van der Waals surface area contributed by atoms with Gasteiger partial charge in [-0.1, -0.05) is 12.1 Å². The van der Waals surface area contributed by atoms with Gasteiger partial charge in [-0.05, 0) is 17.7 Å². The fraction of sp³-hybridized carbons (Fsp3) is 0.111. The number of benzene rings is 2. The molecule has 0 unspecified atom stereocenters. The number of aromatic carboxylic acids is 1.